The summed E-state index contributed by atoms with van der Waals surface area (Å²) in [5, 5.41) is 1.97. The lowest BCUT2D eigenvalue weighted by atomic mass is 10.1. The van der Waals surface area contributed by atoms with E-state index in [1.54, 1.807) is 6.07 Å². The monoisotopic (exact) mass is 302 g/mol. The maximum atomic E-state index is 12.6. The van der Waals surface area contributed by atoms with Gasteiger partial charge in [-0.15, -0.1) is 11.3 Å². The first-order chi connectivity index (χ1) is 10.2. The van der Waals surface area contributed by atoms with Crippen molar-refractivity contribution in [1.29, 1.82) is 0 Å². The van der Waals surface area contributed by atoms with Gasteiger partial charge in [0.05, 0.1) is 18.1 Å². The van der Waals surface area contributed by atoms with Gasteiger partial charge in [0.25, 0.3) is 0 Å². The number of thiophene rings is 1. The molecule has 1 aromatic heterocycles. The van der Waals surface area contributed by atoms with Gasteiger partial charge in [-0.1, -0.05) is 13.8 Å². The summed E-state index contributed by atoms with van der Waals surface area (Å²) in [4.78, 5) is 13.5. The molecule has 3 nitrogen and oxygen atoms in total. The average molecular weight is 302 g/mol. The Kier molecular flexibility index (Phi) is 3.97. The predicted molar refractivity (Wildman–Crippen MR) is 83.7 cm³/mol. The highest BCUT2D eigenvalue weighted by Gasteiger charge is 2.19. The molecule has 0 aliphatic carbocycles. The van der Waals surface area contributed by atoms with E-state index in [1.807, 2.05) is 23.6 Å². The fourth-order valence-corrected chi connectivity index (χ4v) is 3.29. The molecule has 2 heterocycles. The predicted octanol–water partition coefficient (Wildman–Crippen LogP) is 3.95. The minimum atomic E-state index is 0.0607. The van der Waals surface area contributed by atoms with Crippen LogP contribution in [0.4, 0.5) is 0 Å². The van der Waals surface area contributed by atoms with Gasteiger partial charge in [-0.25, -0.2) is 0 Å². The molecule has 0 radical (unpaired) electrons. The van der Waals surface area contributed by atoms with Gasteiger partial charge >= 0.3 is 0 Å². The summed E-state index contributed by atoms with van der Waals surface area (Å²) in [6, 6.07) is 7.47. The smallest absolute Gasteiger partial charge is 0.203 e. The number of fused-ring (bicyclic) bond motifs is 1. The van der Waals surface area contributed by atoms with Crippen LogP contribution in [0.3, 0.4) is 0 Å². The number of hydrogen-bond acceptors (Lipinski definition) is 4. The Morgan fingerprint density at radius 1 is 1.24 bits per heavy atom. The van der Waals surface area contributed by atoms with Crippen LogP contribution in [0, 0.1) is 5.92 Å². The fourth-order valence-electron chi connectivity index (χ4n) is 2.34. The van der Waals surface area contributed by atoms with Crippen LogP contribution in [0.5, 0.6) is 11.5 Å². The lowest BCUT2D eigenvalue weighted by Gasteiger charge is -2.09. The number of rotatable bonds is 3. The molecule has 1 aliphatic rings. The molecule has 0 spiro atoms. The lowest BCUT2D eigenvalue weighted by molar-refractivity contribution is 0.104. The van der Waals surface area contributed by atoms with Crippen LogP contribution in [-0.4, -0.2) is 19.0 Å². The second-order valence-corrected chi connectivity index (χ2v) is 6.26. The molecule has 3 rings (SSSR count). The molecule has 0 N–H and O–H groups in total. The Morgan fingerprint density at radius 2 is 2.00 bits per heavy atom. The Balaban J connectivity index is 1.92. The van der Waals surface area contributed by atoms with Gasteiger partial charge < -0.3 is 9.47 Å². The molecule has 4 heteroatoms. The van der Waals surface area contributed by atoms with E-state index in [9.17, 15) is 4.79 Å². The topological polar surface area (TPSA) is 35.5 Å². The zero-order valence-electron chi connectivity index (χ0n) is 12.2. The SMILES string of the molecule is CCc1ccsc1C(=O)c1ccc2c(c1)OCC(C)CO2. The maximum Gasteiger partial charge on any atom is 0.203 e. The van der Waals surface area contributed by atoms with E-state index in [0.29, 0.717) is 30.4 Å². The van der Waals surface area contributed by atoms with Crippen LogP contribution < -0.4 is 9.47 Å². The van der Waals surface area contributed by atoms with E-state index < -0.39 is 0 Å². The fraction of sp³-hybridized carbons (Fsp3) is 0.353. The molecule has 0 fully saturated rings. The third-order valence-electron chi connectivity index (χ3n) is 3.59. The second-order valence-electron chi connectivity index (χ2n) is 5.35. The first-order valence-corrected chi connectivity index (χ1v) is 8.07. The van der Waals surface area contributed by atoms with Crippen LogP contribution in [0.15, 0.2) is 29.6 Å². The number of benzene rings is 1. The van der Waals surface area contributed by atoms with Crippen molar-refractivity contribution in [2.24, 2.45) is 5.92 Å². The minimum absolute atomic E-state index is 0.0607. The molecular formula is C17H18O3S. The Hall–Kier alpha value is -1.81. The summed E-state index contributed by atoms with van der Waals surface area (Å²) in [6.45, 7) is 5.40. The van der Waals surface area contributed by atoms with Crippen LogP contribution in [0.2, 0.25) is 0 Å². The zero-order chi connectivity index (χ0) is 14.8. The summed E-state index contributed by atoms with van der Waals surface area (Å²) in [5.41, 5.74) is 1.76. The molecule has 0 bridgehead atoms. The van der Waals surface area contributed by atoms with Crippen molar-refractivity contribution in [3.8, 4) is 11.5 Å². The van der Waals surface area contributed by atoms with E-state index in [0.717, 1.165) is 22.6 Å². The van der Waals surface area contributed by atoms with E-state index in [-0.39, 0.29) is 5.78 Å². The summed E-state index contributed by atoms with van der Waals surface area (Å²) >= 11 is 1.50. The molecule has 0 saturated heterocycles. The number of hydrogen-bond donors (Lipinski definition) is 0. The summed E-state index contributed by atoms with van der Waals surface area (Å²) in [7, 11) is 0. The van der Waals surface area contributed by atoms with Crippen molar-refractivity contribution in [2.75, 3.05) is 13.2 Å². The number of carbonyl (C=O) groups excluding carboxylic acids is 1. The highest BCUT2D eigenvalue weighted by atomic mass is 32.1. The van der Waals surface area contributed by atoms with Crippen molar-refractivity contribution in [3.63, 3.8) is 0 Å². The first kappa shape index (κ1) is 14.1. The van der Waals surface area contributed by atoms with Crippen molar-refractivity contribution in [1.82, 2.24) is 0 Å². The highest BCUT2D eigenvalue weighted by molar-refractivity contribution is 7.12. The standard InChI is InChI=1S/C17H18O3S/c1-3-12-6-7-21-17(12)16(18)13-4-5-14-15(8-13)20-10-11(2)9-19-14/h4-8,11H,3,9-10H2,1-2H3. The molecule has 2 aromatic rings. The molecule has 1 atom stereocenters. The van der Waals surface area contributed by atoms with E-state index in [1.165, 1.54) is 11.3 Å². The summed E-state index contributed by atoms with van der Waals surface area (Å²) < 4.78 is 11.4. The number of ether oxygens (including phenoxy) is 2. The van der Waals surface area contributed by atoms with Gasteiger partial charge in [-0.2, -0.15) is 0 Å². The van der Waals surface area contributed by atoms with Crippen molar-refractivity contribution < 1.29 is 14.3 Å². The van der Waals surface area contributed by atoms with Gasteiger partial charge in [0.15, 0.2) is 11.5 Å². The van der Waals surface area contributed by atoms with Crippen LogP contribution in [0.25, 0.3) is 0 Å². The Bertz CT molecular complexity index is 660. The van der Waals surface area contributed by atoms with Gasteiger partial charge in [0.2, 0.25) is 5.78 Å². The van der Waals surface area contributed by atoms with Crippen molar-refractivity contribution >= 4 is 17.1 Å². The van der Waals surface area contributed by atoms with Crippen LogP contribution >= 0.6 is 11.3 Å². The van der Waals surface area contributed by atoms with E-state index >= 15 is 0 Å². The van der Waals surface area contributed by atoms with Gasteiger partial charge in [-0.05, 0) is 41.6 Å². The molecule has 110 valence electrons. The molecular weight excluding hydrogens is 284 g/mol. The molecule has 0 saturated carbocycles. The second kappa shape index (κ2) is 5.90. The number of aryl methyl sites for hydroxylation is 1. The minimum Gasteiger partial charge on any atom is -0.489 e. The maximum absolute atomic E-state index is 12.6. The molecule has 0 amide bonds. The third kappa shape index (κ3) is 2.81. The highest BCUT2D eigenvalue weighted by Crippen LogP contribution is 2.32. The van der Waals surface area contributed by atoms with Crippen molar-refractivity contribution in [2.45, 2.75) is 20.3 Å². The quantitative estimate of drug-likeness (QED) is 0.805. The molecule has 1 aromatic carbocycles. The molecule has 1 aliphatic heterocycles. The van der Waals surface area contributed by atoms with E-state index in [2.05, 4.69) is 13.8 Å². The summed E-state index contributed by atoms with van der Waals surface area (Å²) in [6.07, 6.45) is 0.868. The molecule has 21 heavy (non-hydrogen) atoms. The lowest BCUT2D eigenvalue weighted by Crippen LogP contribution is -2.12. The Morgan fingerprint density at radius 3 is 2.76 bits per heavy atom. The van der Waals surface area contributed by atoms with Crippen LogP contribution in [0.1, 0.15) is 34.6 Å². The Labute approximate surface area is 128 Å². The van der Waals surface area contributed by atoms with Gasteiger partial charge in [0, 0.05) is 11.5 Å². The average Bonchev–Trinajstić information content (AvgIpc) is 2.91. The largest absolute Gasteiger partial charge is 0.489 e. The zero-order valence-corrected chi connectivity index (χ0v) is 13.0. The first-order valence-electron chi connectivity index (χ1n) is 7.19. The van der Waals surface area contributed by atoms with Crippen molar-refractivity contribution in [3.05, 3.63) is 45.6 Å². The molecule has 1 unspecified atom stereocenters. The normalized spacial score (nSPS) is 17.3. The number of carbonyl (C=O) groups is 1. The van der Waals surface area contributed by atoms with Gasteiger partial charge in [-0.3, -0.25) is 4.79 Å². The number of ketones is 1. The third-order valence-corrected chi connectivity index (χ3v) is 4.54. The van der Waals surface area contributed by atoms with E-state index in [4.69, 9.17) is 9.47 Å². The van der Waals surface area contributed by atoms with Gasteiger partial charge in [0.1, 0.15) is 0 Å². The summed E-state index contributed by atoms with van der Waals surface area (Å²) in [5.74, 6) is 1.80. The van der Waals surface area contributed by atoms with Crippen LogP contribution in [-0.2, 0) is 6.42 Å².